The molecule has 3 atom stereocenters. The summed E-state index contributed by atoms with van der Waals surface area (Å²) in [4.78, 5) is 30.5. The lowest BCUT2D eigenvalue weighted by Gasteiger charge is -2.31. The van der Waals surface area contributed by atoms with Gasteiger partial charge in [0.25, 0.3) is 0 Å². The van der Waals surface area contributed by atoms with Crippen LogP contribution in [-0.2, 0) is 0 Å². The Morgan fingerprint density at radius 3 is 2.84 bits per heavy atom. The molecule has 1 N–H and O–H groups in total. The van der Waals surface area contributed by atoms with Crippen molar-refractivity contribution in [2.24, 2.45) is 0 Å². The highest BCUT2D eigenvalue weighted by molar-refractivity contribution is 6.02. The number of rotatable bonds is 6. The molecule has 5 heterocycles. The van der Waals surface area contributed by atoms with E-state index < -0.39 is 29.4 Å². The average molecular weight is 617 g/mol. The number of aromatic nitrogens is 3. The van der Waals surface area contributed by atoms with Crippen LogP contribution in [0.5, 0.6) is 6.01 Å². The summed E-state index contributed by atoms with van der Waals surface area (Å²) in [5, 5.41) is 10.8. The number of nitrogens with zero attached hydrogens (tertiary/aromatic N) is 6. The number of ether oxygens (including phenoxy) is 1. The number of hydrogen-bond acceptors (Lipinski definition) is 7. The van der Waals surface area contributed by atoms with Crippen molar-refractivity contribution >= 4 is 33.6 Å². The molecule has 2 aromatic carbocycles. The molecule has 0 spiro atoms. The fourth-order valence-electron chi connectivity index (χ4n) is 7.29. The molecule has 3 aliphatic heterocycles. The number of likely N-dealkylation sites (tertiary alicyclic amines) is 1. The van der Waals surface area contributed by atoms with Crippen molar-refractivity contribution in [3.8, 4) is 29.6 Å². The second kappa shape index (κ2) is 11.1. The minimum atomic E-state index is -1.01. The van der Waals surface area contributed by atoms with E-state index in [1.54, 1.807) is 36.2 Å². The zero-order valence-electron chi connectivity index (χ0n) is 24.6. The van der Waals surface area contributed by atoms with Gasteiger partial charge in [-0.2, -0.15) is 9.97 Å². The standard InChI is InChI=1S/C33H31F3N6O3/c1-3-22-25(35)9-8-19-6-4-7-23(26(19)22)28-27(36)29-24(15-37-28)30(40(2)21-10-13-41(17-21)32(43)44)39-31(38-29)45-18-33-11-5-12-42(33)16-20(34)14-33/h1,4,6-9,15,20-21H,5,10-14,16-18H2,2H3,(H,43,44)/t20-,21-,33-/m1/s1. The molecule has 0 radical (unpaired) electrons. The second-order valence-corrected chi connectivity index (χ2v) is 12.1. The van der Waals surface area contributed by atoms with Gasteiger partial charge in [-0.25, -0.2) is 18.0 Å². The molecular weight excluding hydrogens is 585 g/mol. The zero-order chi connectivity index (χ0) is 31.5. The number of anilines is 1. The Bertz CT molecular complexity index is 1880. The Kier molecular flexibility index (Phi) is 7.16. The first kappa shape index (κ1) is 29.1. The number of hydrogen-bond donors (Lipinski definition) is 1. The van der Waals surface area contributed by atoms with Crippen LogP contribution in [0.25, 0.3) is 32.9 Å². The van der Waals surface area contributed by atoms with Crippen LogP contribution in [-0.4, -0.2) is 93.5 Å². The van der Waals surface area contributed by atoms with Crippen molar-refractivity contribution in [3.63, 3.8) is 0 Å². The topological polar surface area (TPSA) is 94.9 Å². The van der Waals surface area contributed by atoms with Gasteiger partial charge in [-0.15, -0.1) is 6.42 Å². The summed E-state index contributed by atoms with van der Waals surface area (Å²) < 4.78 is 52.0. The Morgan fingerprint density at radius 1 is 1.22 bits per heavy atom. The molecule has 7 rings (SSSR count). The maximum absolute atomic E-state index is 16.7. The van der Waals surface area contributed by atoms with Crippen LogP contribution in [0.4, 0.5) is 23.8 Å². The Hall–Kier alpha value is -4.63. The summed E-state index contributed by atoms with van der Waals surface area (Å²) in [5.74, 6) is 1.35. The van der Waals surface area contributed by atoms with Crippen molar-refractivity contribution in [2.75, 3.05) is 44.7 Å². The third-order valence-corrected chi connectivity index (χ3v) is 9.58. The molecule has 0 saturated carbocycles. The van der Waals surface area contributed by atoms with Crippen LogP contribution in [0.2, 0.25) is 0 Å². The number of likely N-dealkylation sites (N-methyl/N-ethyl adjacent to an activating group) is 1. The molecule has 2 aromatic heterocycles. The number of carbonyl (C=O) groups is 1. The van der Waals surface area contributed by atoms with Gasteiger partial charge >= 0.3 is 12.1 Å². The molecule has 0 bridgehead atoms. The quantitative estimate of drug-likeness (QED) is 0.294. The van der Waals surface area contributed by atoms with Gasteiger partial charge in [-0.1, -0.05) is 30.2 Å². The Labute approximate surface area is 257 Å². The zero-order valence-corrected chi connectivity index (χ0v) is 24.6. The number of terminal acetylenes is 1. The lowest BCUT2D eigenvalue weighted by atomic mass is 9.95. The van der Waals surface area contributed by atoms with Gasteiger partial charge in [0.15, 0.2) is 5.82 Å². The first-order valence-corrected chi connectivity index (χ1v) is 15.0. The van der Waals surface area contributed by atoms with E-state index in [1.165, 1.54) is 17.2 Å². The molecule has 0 aliphatic carbocycles. The highest BCUT2D eigenvalue weighted by Gasteiger charge is 2.49. The molecule has 3 aliphatic rings. The van der Waals surface area contributed by atoms with Crippen LogP contribution in [0.3, 0.4) is 0 Å². The van der Waals surface area contributed by atoms with E-state index in [4.69, 9.17) is 11.2 Å². The van der Waals surface area contributed by atoms with E-state index in [0.29, 0.717) is 53.5 Å². The fraction of sp³-hybridized carbons (Fsp3) is 0.394. The van der Waals surface area contributed by atoms with Gasteiger partial charge < -0.3 is 19.6 Å². The van der Waals surface area contributed by atoms with E-state index in [9.17, 15) is 18.7 Å². The molecule has 45 heavy (non-hydrogen) atoms. The van der Waals surface area contributed by atoms with Crippen molar-refractivity contribution in [1.29, 1.82) is 0 Å². The second-order valence-electron chi connectivity index (χ2n) is 12.1. The van der Waals surface area contributed by atoms with Crippen molar-refractivity contribution in [2.45, 2.75) is 43.4 Å². The summed E-state index contributed by atoms with van der Waals surface area (Å²) in [6.07, 6.45) is 7.77. The Balaban J connectivity index is 1.35. The molecule has 9 nitrogen and oxygen atoms in total. The van der Waals surface area contributed by atoms with Crippen LogP contribution < -0.4 is 9.64 Å². The van der Waals surface area contributed by atoms with Gasteiger partial charge in [0.05, 0.1) is 16.5 Å². The number of amides is 1. The first-order chi connectivity index (χ1) is 21.7. The number of halogens is 3. The smallest absolute Gasteiger partial charge is 0.407 e. The van der Waals surface area contributed by atoms with Crippen LogP contribution >= 0.6 is 0 Å². The van der Waals surface area contributed by atoms with E-state index in [1.807, 2.05) is 0 Å². The van der Waals surface area contributed by atoms with Gasteiger partial charge in [-0.05, 0) is 37.3 Å². The van der Waals surface area contributed by atoms with Crippen molar-refractivity contribution in [1.82, 2.24) is 24.8 Å². The lowest BCUT2D eigenvalue weighted by molar-refractivity contribution is 0.107. The maximum atomic E-state index is 16.7. The first-order valence-electron chi connectivity index (χ1n) is 15.0. The van der Waals surface area contributed by atoms with Crippen molar-refractivity contribution in [3.05, 3.63) is 53.7 Å². The van der Waals surface area contributed by atoms with Crippen LogP contribution in [0, 0.1) is 24.0 Å². The molecule has 3 fully saturated rings. The summed E-state index contributed by atoms with van der Waals surface area (Å²) in [5.41, 5.74) is -0.292. The van der Waals surface area contributed by atoms with Gasteiger partial charge in [0, 0.05) is 56.3 Å². The van der Waals surface area contributed by atoms with Crippen LogP contribution in [0.15, 0.2) is 36.5 Å². The predicted octanol–water partition coefficient (Wildman–Crippen LogP) is 5.25. The fourth-order valence-corrected chi connectivity index (χ4v) is 7.29. The molecule has 4 aromatic rings. The van der Waals surface area contributed by atoms with Gasteiger partial charge in [0.1, 0.15) is 35.6 Å². The summed E-state index contributed by atoms with van der Waals surface area (Å²) >= 11 is 0. The highest BCUT2D eigenvalue weighted by Crippen LogP contribution is 2.41. The molecule has 0 unspecified atom stereocenters. The predicted molar refractivity (Wildman–Crippen MR) is 163 cm³/mol. The number of carboxylic acid groups (broad SMARTS) is 1. The molecule has 3 saturated heterocycles. The lowest BCUT2D eigenvalue weighted by Crippen LogP contribution is -2.43. The van der Waals surface area contributed by atoms with Crippen molar-refractivity contribution < 1.29 is 27.8 Å². The molecule has 1 amide bonds. The number of benzene rings is 2. The minimum Gasteiger partial charge on any atom is -0.465 e. The Morgan fingerprint density at radius 2 is 2.07 bits per heavy atom. The van der Waals surface area contributed by atoms with Gasteiger partial charge in [-0.3, -0.25) is 9.88 Å². The van der Waals surface area contributed by atoms with E-state index in [0.717, 1.165) is 19.4 Å². The number of pyridine rings is 1. The summed E-state index contributed by atoms with van der Waals surface area (Å²) in [6.45, 7) is 1.88. The maximum Gasteiger partial charge on any atom is 0.407 e. The van der Waals surface area contributed by atoms with Gasteiger partial charge in [0.2, 0.25) is 0 Å². The minimum absolute atomic E-state index is 0.00357. The molecular formula is C33H31F3N6O3. The van der Waals surface area contributed by atoms with E-state index in [-0.39, 0.29) is 42.0 Å². The number of alkyl halides is 1. The SMILES string of the molecule is C#Cc1c(F)ccc2cccc(-c3ncc4c(N(C)[C@@H]5CCN(C(=O)O)C5)nc(OC[C@]56CCCN5C[C@H](F)C6)nc4c3F)c12. The molecule has 232 valence electrons. The average Bonchev–Trinajstić information content (AvgIpc) is 3.74. The number of fused-ring (bicyclic) bond motifs is 3. The highest BCUT2D eigenvalue weighted by atomic mass is 19.1. The van der Waals surface area contributed by atoms with E-state index in [2.05, 4.69) is 25.8 Å². The van der Waals surface area contributed by atoms with Crippen LogP contribution in [0.1, 0.15) is 31.2 Å². The third kappa shape index (κ3) is 4.86. The summed E-state index contributed by atoms with van der Waals surface area (Å²) in [7, 11) is 1.77. The van der Waals surface area contributed by atoms with E-state index >= 15 is 4.39 Å². The third-order valence-electron chi connectivity index (χ3n) is 9.58. The summed E-state index contributed by atoms with van der Waals surface area (Å²) in [6, 6.07) is 7.65. The largest absolute Gasteiger partial charge is 0.465 e. The monoisotopic (exact) mass is 616 g/mol. The molecule has 12 heteroatoms. The normalized spacial score (nSPS) is 23.0.